The lowest BCUT2D eigenvalue weighted by atomic mass is 10.3. The quantitative estimate of drug-likeness (QED) is 0.601. The fraction of sp³-hybridized carbons (Fsp3) is 0.267. The first-order chi connectivity index (χ1) is 10.5. The van der Waals surface area contributed by atoms with E-state index in [2.05, 4.69) is 5.32 Å². The van der Waals surface area contributed by atoms with Crippen molar-refractivity contribution in [2.24, 2.45) is 0 Å². The first-order valence-electron chi connectivity index (χ1n) is 6.63. The topological polar surface area (TPSA) is 102 Å². The van der Waals surface area contributed by atoms with Gasteiger partial charge >= 0.3 is 11.9 Å². The molecule has 1 rings (SSSR count). The molecule has 7 nitrogen and oxygen atoms in total. The lowest BCUT2D eigenvalue weighted by molar-refractivity contribution is -0.140. The van der Waals surface area contributed by atoms with E-state index in [1.807, 2.05) is 0 Å². The number of ether oxygens (including phenoxy) is 2. The summed E-state index contributed by atoms with van der Waals surface area (Å²) in [6, 6.07) is 5.05. The SMILES string of the molecule is CCOC(=O)/C=C(\Nc1ccc(O)c(=O)cc1)C(=O)OCC. The molecule has 0 aromatic heterocycles. The van der Waals surface area contributed by atoms with Crippen LogP contribution in [0.1, 0.15) is 13.8 Å². The van der Waals surface area contributed by atoms with Crippen LogP contribution in [-0.4, -0.2) is 30.3 Å². The molecule has 0 aliphatic carbocycles. The molecule has 0 aliphatic heterocycles. The van der Waals surface area contributed by atoms with Crippen LogP contribution in [0.2, 0.25) is 0 Å². The zero-order valence-electron chi connectivity index (χ0n) is 12.3. The number of carbonyl (C=O) groups is 2. The fourth-order valence-corrected chi connectivity index (χ4v) is 1.45. The van der Waals surface area contributed by atoms with E-state index in [0.717, 1.165) is 12.1 Å². The predicted molar refractivity (Wildman–Crippen MR) is 79.3 cm³/mol. The van der Waals surface area contributed by atoms with Gasteiger partial charge in [-0.05, 0) is 38.1 Å². The minimum Gasteiger partial charge on any atom is -0.504 e. The van der Waals surface area contributed by atoms with Crippen molar-refractivity contribution in [1.29, 1.82) is 0 Å². The molecule has 0 unspecified atom stereocenters. The first-order valence-corrected chi connectivity index (χ1v) is 6.63. The van der Waals surface area contributed by atoms with Gasteiger partial charge in [0.2, 0.25) is 5.43 Å². The predicted octanol–water partition coefficient (Wildman–Crippen LogP) is 1.17. The molecular formula is C15H17NO6. The Morgan fingerprint density at radius 3 is 2.41 bits per heavy atom. The Hall–Kier alpha value is -2.83. The van der Waals surface area contributed by atoms with Crippen molar-refractivity contribution in [1.82, 2.24) is 0 Å². The molecule has 118 valence electrons. The van der Waals surface area contributed by atoms with Crippen molar-refractivity contribution < 1.29 is 24.2 Å². The Morgan fingerprint density at radius 2 is 1.77 bits per heavy atom. The van der Waals surface area contributed by atoms with Gasteiger partial charge in [-0.3, -0.25) is 4.79 Å². The molecule has 22 heavy (non-hydrogen) atoms. The van der Waals surface area contributed by atoms with Crippen LogP contribution in [0.3, 0.4) is 0 Å². The van der Waals surface area contributed by atoms with E-state index >= 15 is 0 Å². The lowest BCUT2D eigenvalue weighted by Gasteiger charge is -2.09. The van der Waals surface area contributed by atoms with Gasteiger partial charge in [-0.15, -0.1) is 0 Å². The fourth-order valence-electron chi connectivity index (χ4n) is 1.45. The summed E-state index contributed by atoms with van der Waals surface area (Å²) >= 11 is 0. The van der Waals surface area contributed by atoms with E-state index in [9.17, 15) is 19.5 Å². The van der Waals surface area contributed by atoms with E-state index in [-0.39, 0.29) is 18.9 Å². The maximum Gasteiger partial charge on any atom is 0.355 e. The van der Waals surface area contributed by atoms with Gasteiger partial charge in [0.1, 0.15) is 5.70 Å². The number of carbonyl (C=O) groups excluding carboxylic acids is 2. The molecule has 7 heteroatoms. The molecular weight excluding hydrogens is 290 g/mol. The van der Waals surface area contributed by atoms with E-state index < -0.39 is 23.1 Å². The second-order valence-electron chi connectivity index (χ2n) is 4.03. The van der Waals surface area contributed by atoms with Crippen molar-refractivity contribution in [2.75, 3.05) is 18.5 Å². The summed E-state index contributed by atoms with van der Waals surface area (Å²) in [6.45, 7) is 3.57. The maximum absolute atomic E-state index is 11.8. The van der Waals surface area contributed by atoms with E-state index in [0.29, 0.717) is 5.69 Å². The third-order valence-corrected chi connectivity index (χ3v) is 2.41. The number of hydrogen-bond donors (Lipinski definition) is 2. The molecule has 0 amide bonds. The monoisotopic (exact) mass is 307 g/mol. The van der Waals surface area contributed by atoms with Gasteiger partial charge in [0.15, 0.2) is 5.75 Å². The molecule has 1 aromatic carbocycles. The Balaban J connectivity index is 3.08. The van der Waals surface area contributed by atoms with Crippen LogP contribution >= 0.6 is 0 Å². The van der Waals surface area contributed by atoms with Crippen LogP contribution in [0.4, 0.5) is 5.69 Å². The molecule has 0 spiro atoms. The second kappa shape index (κ2) is 8.46. The third-order valence-electron chi connectivity index (χ3n) is 2.41. The van der Waals surface area contributed by atoms with Gasteiger partial charge < -0.3 is 19.9 Å². The van der Waals surface area contributed by atoms with Crippen molar-refractivity contribution in [2.45, 2.75) is 13.8 Å². The van der Waals surface area contributed by atoms with Crippen LogP contribution in [-0.2, 0) is 19.1 Å². The zero-order chi connectivity index (χ0) is 16.5. The highest BCUT2D eigenvalue weighted by Gasteiger charge is 2.13. The van der Waals surface area contributed by atoms with E-state index in [4.69, 9.17) is 9.47 Å². The Kier molecular flexibility index (Phi) is 6.62. The van der Waals surface area contributed by atoms with Crippen LogP contribution in [0.15, 0.2) is 40.8 Å². The Bertz CT molecular complexity index is 638. The van der Waals surface area contributed by atoms with Crippen LogP contribution in [0, 0.1) is 0 Å². The first kappa shape index (κ1) is 17.2. The highest BCUT2D eigenvalue weighted by Crippen LogP contribution is 2.11. The van der Waals surface area contributed by atoms with Crippen molar-refractivity contribution in [3.05, 3.63) is 46.3 Å². The van der Waals surface area contributed by atoms with Gasteiger partial charge in [-0.2, -0.15) is 0 Å². The molecule has 0 saturated carbocycles. The number of nitrogens with one attached hydrogen (secondary N) is 1. The molecule has 2 N–H and O–H groups in total. The minimum atomic E-state index is -0.742. The van der Waals surface area contributed by atoms with Gasteiger partial charge in [-0.1, -0.05) is 0 Å². The summed E-state index contributed by atoms with van der Waals surface area (Å²) < 4.78 is 9.58. The summed E-state index contributed by atoms with van der Waals surface area (Å²) in [4.78, 5) is 34.6. The summed E-state index contributed by atoms with van der Waals surface area (Å²) in [7, 11) is 0. The molecule has 0 fully saturated rings. The summed E-state index contributed by atoms with van der Waals surface area (Å²) in [6.07, 6.45) is 0.965. The second-order valence-corrected chi connectivity index (χ2v) is 4.03. The largest absolute Gasteiger partial charge is 0.504 e. The molecule has 0 radical (unpaired) electrons. The highest BCUT2D eigenvalue weighted by atomic mass is 16.5. The molecule has 0 saturated heterocycles. The minimum absolute atomic E-state index is 0.134. The summed E-state index contributed by atoms with van der Waals surface area (Å²) in [5, 5.41) is 12.0. The maximum atomic E-state index is 11.8. The zero-order valence-corrected chi connectivity index (χ0v) is 12.3. The molecule has 0 aliphatic rings. The average Bonchev–Trinajstić information content (AvgIpc) is 2.62. The smallest absolute Gasteiger partial charge is 0.355 e. The molecule has 0 atom stereocenters. The number of esters is 2. The van der Waals surface area contributed by atoms with Crippen LogP contribution < -0.4 is 10.7 Å². The van der Waals surface area contributed by atoms with Gasteiger partial charge in [0, 0.05) is 5.69 Å². The normalized spacial score (nSPS) is 10.7. The van der Waals surface area contributed by atoms with Gasteiger partial charge in [0.25, 0.3) is 0 Å². The average molecular weight is 307 g/mol. The highest BCUT2D eigenvalue weighted by molar-refractivity contribution is 5.98. The summed E-state index contributed by atoms with van der Waals surface area (Å²) in [5.41, 5.74) is -0.389. The van der Waals surface area contributed by atoms with E-state index in [1.165, 1.54) is 18.2 Å². The Morgan fingerprint density at radius 1 is 1.14 bits per heavy atom. The lowest BCUT2D eigenvalue weighted by Crippen LogP contribution is -2.17. The van der Waals surface area contributed by atoms with Crippen LogP contribution in [0.25, 0.3) is 0 Å². The number of aromatic hydroxyl groups is 1. The Labute approximate surface area is 127 Å². The number of rotatable bonds is 6. The molecule has 1 aromatic rings. The standard InChI is InChI=1S/C15H17NO6/c1-3-21-14(19)9-11(15(20)22-4-2)16-10-5-7-12(17)13(18)8-6-10/h5-9,16H,3-4H2,1-2H3,(H,17,18)/b11-9-. The number of hydrogen-bond acceptors (Lipinski definition) is 7. The van der Waals surface area contributed by atoms with Crippen molar-refractivity contribution in [3.8, 4) is 5.75 Å². The van der Waals surface area contributed by atoms with Crippen molar-refractivity contribution in [3.63, 3.8) is 0 Å². The molecule has 0 heterocycles. The van der Waals surface area contributed by atoms with Crippen molar-refractivity contribution >= 4 is 17.6 Å². The third kappa shape index (κ3) is 5.28. The van der Waals surface area contributed by atoms with E-state index in [1.54, 1.807) is 13.8 Å². The van der Waals surface area contributed by atoms with Gasteiger partial charge in [0.05, 0.1) is 19.3 Å². The van der Waals surface area contributed by atoms with Crippen LogP contribution in [0.5, 0.6) is 5.75 Å². The molecule has 0 bridgehead atoms. The summed E-state index contributed by atoms with van der Waals surface area (Å²) in [5.74, 6) is -1.88. The number of anilines is 1. The van der Waals surface area contributed by atoms with Gasteiger partial charge in [-0.25, -0.2) is 9.59 Å².